The summed E-state index contributed by atoms with van der Waals surface area (Å²) in [6, 6.07) is 0. The summed E-state index contributed by atoms with van der Waals surface area (Å²) in [5, 5.41) is 19.4. The molecule has 0 aromatic carbocycles. The van der Waals surface area contributed by atoms with Gasteiger partial charge in [0.25, 0.3) is 0 Å². The van der Waals surface area contributed by atoms with Crippen molar-refractivity contribution < 1.29 is 19.7 Å². The molecule has 0 aliphatic heterocycles. The number of rotatable bonds is 1. The summed E-state index contributed by atoms with van der Waals surface area (Å²) in [6.45, 7) is 5.51. The van der Waals surface area contributed by atoms with Crippen LogP contribution in [0, 0.1) is 17.8 Å². The fraction of sp³-hybridized carbons (Fsp3) is 0.917. The number of esters is 1. The summed E-state index contributed by atoms with van der Waals surface area (Å²) in [4.78, 5) is 11.9. The maximum Gasteiger partial charge on any atom is 0.309 e. The fourth-order valence-corrected chi connectivity index (χ4v) is 2.95. The second kappa shape index (κ2) is 3.70. The number of aliphatic hydroxyl groups is 2. The van der Waals surface area contributed by atoms with Gasteiger partial charge >= 0.3 is 5.97 Å². The van der Waals surface area contributed by atoms with Gasteiger partial charge in [0, 0.05) is 5.92 Å². The van der Waals surface area contributed by atoms with E-state index in [-0.39, 0.29) is 23.7 Å². The van der Waals surface area contributed by atoms with Gasteiger partial charge in [-0.15, -0.1) is 0 Å². The molecule has 2 aliphatic carbocycles. The monoisotopic (exact) mass is 228 g/mol. The number of fused-ring (bicyclic) bond motifs is 2. The molecule has 2 fully saturated rings. The van der Waals surface area contributed by atoms with Crippen LogP contribution in [0.5, 0.6) is 0 Å². The van der Waals surface area contributed by atoms with Crippen molar-refractivity contribution in [1.82, 2.24) is 0 Å². The van der Waals surface area contributed by atoms with Crippen molar-refractivity contribution in [1.29, 1.82) is 0 Å². The number of carbonyl (C=O) groups is 1. The number of hydrogen-bond acceptors (Lipinski definition) is 4. The highest BCUT2D eigenvalue weighted by molar-refractivity contribution is 5.74. The van der Waals surface area contributed by atoms with E-state index in [0.717, 1.165) is 6.42 Å². The SMILES string of the molecule is CC(C)(C)OC(=O)C1CC2CC1[C@@H](O)[C@@H]2O. The molecule has 2 aliphatic rings. The van der Waals surface area contributed by atoms with Crippen molar-refractivity contribution in [2.75, 3.05) is 0 Å². The van der Waals surface area contributed by atoms with Gasteiger partial charge in [-0.2, -0.15) is 0 Å². The highest BCUT2D eigenvalue weighted by Crippen LogP contribution is 2.49. The number of ether oxygens (including phenoxy) is 1. The Morgan fingerprint density at radius 1 is 1.19 bits per heavy atom. The van der Waals surface area contributed by atoms with Crippen LogP contribution in [0.15, 0.2) is 0 Å². The van der Waals surface area contributed by atoms with Gasteiger partial charge in [-0.25, -0.2) is 0 Å². The van der Waals surface area contributed by atoms with Gasteiger partial charge in [-0.05, 0) is 39.5 Å². The molecule has 5 atom stereocenters. The Morgan fingerprint density at radius 3 is 2.25 bits per heavy atom. The van der Waals surface area contributed by atoms with E-state index in [1.54, 1.807) is 0 Å². The smallest absolute Gasteiger partial charge is 0.309 e. The molecule has 0 aromatic rings. The molecule has 2 bridgehead atoms. The lowest BCUT2D eigenvalue weighted by Crippen LogP contribution is -2.41. The van der Waals surface area contributed by atoms with E-state index in [2.05, 4.69) is 0 Å². The molecule has 0 saturated heterocycles. The van der Waals surface area contributed by atoms with E-state index in [9.17, 15) is 15.0 Å². The van der Waals surface area contributed by atoms with Gasteiger partial charge < -0.3 is 14.9 Å². The van der Waals surface area contributed by atoms with Gasteiger partial charge in [0.15, 0.2) is 0 Å². The summed E-state index contributed by atoms with van der Waals surface area (Å²) in [7, 11) is 0. The first-order valence-electron chi connectivity index (χ1n) is 5.88. The molecule has 0 amide bonds. The van der Waals surface area contributed by atoms with Crippen molar-refractivity contribution in [3.05, 3.63) is 0 Å². The minimum Gasteiger partial charge on any atom is -0.460 e. The molecular formula is C12H20O4. The molecule has 3 unspecified atom stereocenters. The average Bonchev–Trinajstić information content (AvgIpc) is 2.65. The Balaban J connectivity index is 2.01. The van der Waals surface area contributed by atoms with Gasteiger partial charge in [-0.3, -0.25) is 4.79 Å². The van der Waals surface area contributed by atoms with Crippen molar-refractivity contribution in [2.24, 2.45) is 17.8 Å². The minimum absolute atomic E-state index is 0.0671. The lowest BCUT2D eigenvalue weighted by molar-refractivity contribution is -0.165. The molecule has 4 heteroatoms. The number of hydrogen-bond donors (Lipinski definition) is 2. The van der Waals surface area contributed by atoms with Gasteiger partial charge in [-0.1, -0.05) is 0 Å². The maximum absolute atomic E-state index is 11.9. The first-order valence-corrected chi connectivity index (χ1v) is 5.88. The molecule has 4 nitrogen and oxygen atoms in total. The summed E-state index contributed by atoms with van der Waals surface area (Å²) >= 11 is 0. The van der Waals surface area contributed by atoms with Crippen molar-refractivity contribution in [2.45, 2.75) is 51.4 Å². The third-order valence-electron chi connectivity index (χ3n) is 3.63. The molecular weight excluding hydrogens is 208 g/mol. The topological polar surface area (TPSA) is 66.8 Å². The molecule has 16 heavy (non-hydrogen) atoms. The van der Waals surface area contributed by atoms with Crippen LogP contribution in [0.2, 0.25) is 0 Å². The van der Waals surface area contributed by atoms with Gasteiger partial charge in [0.2, 0.25) is 0 Å². The lowest BCUT2D eigenvalue weighted by atomic mass is 9.85. The molecule has 2 N–H and O–H groups in total. The molecule has 2 rings (SSSR count). The van der Waals surface area contributed by atoms with Crippen molar-refractivity contribution in [3.63, 3.8) is 0 Å². The van der Waals surface area contributed by atoms with E-state index in [1.807, 2.05) is 20.8 Å². The third-order valence-corrected chi connectivity index (χ3v) is 3.63. The zero-order valence-electron chi connectivity index (χ0n) is 10.0. The summed E-state index contributed by atoms with van der Waals surface area (Å²) < 4.78 is 5.33. The lowest BCUT2D eigenvalue weighted by Gasteiger charge is -2.30. The summed E-state index contributed by atoms with van der Waals surface area (Å²) in [5.74, 6) is -0.513. The predicted octanol–water partition coefficient (Wildman–Crippen LogP) is 0.706. The Morgan fingerprint density at radius 2 is 1.81 bits per heavy atom. The summed E-state index contributed by atoms with van der Waals surface area (Å²) in [6.07, 6.45) is -0.00991. The van der Waals surface area contributed by atoms with Crippen LogP contribution in [-0.2, 0) is 9.53 Å². The number of carbonyl (C=O) groups excluding carboxylic acids is 1. The average molecular weight is 228 g/mol. The standard InChI is InChI=1S/C12H20O4/c1-12(2,3)16-11(15)8-5-6-4-7(8)10(14)9(6)13/h6-10,13-14H,4-5H2,1-3H3/t6?,7?,8?,9-,10-/m1/s1. The van der Waals surface area contributed by atoms with Crippen molar-refractivity contribution in [3.8, 4) is 0 Å². The largest absolute Gasteiger partial charge is 0.460 e. The van der Waals surface area contributed by atoms with Gasteiger partial charge in [0.1, 0.15) is 5.60 Å². The Bertz CT molecular complexity index is 292. The highest BCUT2D eigenvalue weighted by atomic mass is 16.6. The van der Waals surface area contributed by atoms with Crippen LogP contribution in [-0.4, -0.2) is 34.0 Å². The fourth-order valence-electron chi connectivity index (χ4n) is 2.95. The molecule has 0 radical (unpaired) electrons. The van der Waals surface area contributed by atoms with Crippen LogP contribution in [0.4, 0.5) is 0 Å². The quantitative estimate of drug-likeness (QED) is 0.648. The summed E-state index contributed by atoms with van der Waals surface area (Å²) in [5.41, 5.74) is -0.484. The van der Waals surface area contributed by atoms with Crippen LogP contribution in [0.1, 0.15) is 33.6 Å². The predicted molar refractivity (Wildman–Crippen MR) is 57.6 cm³/mol. The molecule has 0 aromatic heterocycles. The highest BCUT2D eigenvalue weighted by Gasteiger charge is 2.54. The van der Waals surface area contributed by atoms with E-state index >= 15 is 0 Å². The molecule has 0 heterocycles. The zero-order valence-corrected chi connectivity index (χ0v) is 10.0. The molecule has 2 saturated carbocycles. The van der Waals surface area contributed by atoms with Crippen LogP contribution < -0.4 is 0 Å². The van der Waals surface area contributed by atoms with Crippen LogP contribution >= 0.6 is 0 Å². The van der Waals surface area contributed by atoms with Gasteiger partial charge in [0.05, 0.1) is 18.1 Å². The van der Waals surface area contributed by atoms with E-state index in [0.29, 0.717) is 6.42 Å². The third kappa shape index (κ3) is 1.96. The second-order valence-corrected chi connectivity index (χ2v) is 6.02. The normalized spacial score (nSPS) is 42.4. The molecule has 0 spiro atoms. The maximum atomic E-state index is 11.9. The van der Waals surface area contributed by atoms with Crippen molar-refractivity contribution >= 4 is 5.97 Å². The first-order chi connectivity index (χ1) is 7.29. The van der Waals surface area contributed by atoms with Crippen LogP contribution in [0.25, 0.3) is 0 Å². The van der Waals surface area contributed by atoms with E-state index < -0.39 is 17.8 Å². The van der Waals surface area contributed by atoms with Crippen LogP contribution in [0.3, 0.4) is 0 Å². The Kier molecular flexibility index (Phi) is 2.75. The number of aliphatic hydroxyl groups excluding tert-OH is 2. The second-order valence-electron chi connectivity index (χ2n) is 6.02. The zero-order chi connectivity index (χ0) is 12.1. The Hall–Kier alpha value is -0.610. The molecule has 92 valence electrons. The Labute approximate surface area is 95.6 Å². The van der Waals surface area contributed by atoms with E-state index in [4.69, 9.17) is 4.74 Å². The first kappa shape index (κ1) is 11.9. The minimum atomic E-state index is -0.753. The van der Waals surface area contributed by atoms with E-state index in [1.165, 1.54) is 0 Å².